The maximum Gasteiger partial charge on any atom is 0.175 e. The molecule has 0 atom stereocenters. The molecule has 1 aromatic heterocycles. The quantitative estimate of drug-likeness (QED) is 0.218. The van der Waals surface area contributed by atoms with Crippen LogP contribution in [0.4, 0.5) is 25.8 Å². The Morgan fingerprint density at radius 1 is 1.33 bits per heavy atom. The average molecular weight is 436 g/mol. The second kappa shape index (κ2) is 10.5. The zero-order chi connectivity index (χ0) is 21.5. The van der Waals surface area contributed by atoms with E-state index in [2.05, 4.69) is 19.9 Å². The third-order valence-corrected chi connectivity index (χ3v) is 5.61. The summed E-state index contributed by atoms with van der Waals surface area (Å²) >= 11 is 1.34. The smallest absolute Gasteiger partial charge is 0.175 e. The molecule has 2 heterocycles. The first kappa shape index (κ1) is 22.1. The monoisotopic (exact) mass is 435 g/mol. The summed E-state index contributed by atoms with van der Waals surface area (Å²) in [6.45, 7) is 5.54. The van der Waals surface area contributed by atoms with E-state index in [0.29, 0.717) is 5.56 Å². The van der Waals surface area contributed by atoms with Crippen LogP contribution in [0.5, 0.6) is 0 Å². The lowest BCUT2D eigenvalue weighted by molar-refractivity contribution is 0.584. The minimum atomic E-state index is -0.780. The molecule has 0 saturated carbocycles. The van der Waals surface area contributed by atoms with E-state index in [1.165, 1.54) is 30.3 Å². The molecule has 1 aliphatic rings. The van der Waals surface area contributed by atoms with Gasteiger partial charge in [-0.25, -0.2) is 14.6 Å². The molecule has 3 rings (SSSR count). The molecule has 1 aromatic carbocycles. The van der Waals surface area contributed by atoms with E-state index in [0.717, 1.165) is 49.0 Å². The number of pyridine rings is 1. The van der Waals surface area contributed by atoms with Gasteiger partial charge in [0.05, 0.1) is 23.3 Å². The van der Waals surface area contributed by atoms with Crippen molar-refractivity contribution in [2.24, 2.45) is 11.6 Å². The van der Waals surface area contributed by atoms with Crippen molar-refractivity contribution in [2.45, 2.75) is 13.3 Å². The molecule has 1 aliphatic heterocycles. The van der Waals surface area contributed by atoms with E-state index in [9.17, 15) is 8.78 Å². The van der Waals surface area contributed by atoms with Gasteiger partial charge in [-0.05, 0) is 24.6 Å². The number of benzene rings is 1. The Morgan fingerprint density at radius 2 is 2.10 bits per heavy atom. The Bertz CT molecular complexity index is 887. The van der Waals surface area contributed by atoms with Crippen LogP contribution >= 0.6 is 11.9 Å². The first-order valence-electron chi connectivity index (χ1n) is 9.79. The van der Waals surface area contributed by atoms with Crippen LogP contribution in [0.15, 0.2) is 36.8 Å². The number of nitrogens with one attached hydrogen (secondary N) is 2. The van der Waals surface area contributed by atoms with Gasteiger partial charge in [0, 0.05) is 49.9 Å². The van der Waals surface area contributed by atoms with Gasteiger partial charge in [-0.2, -0.15) is 0 Å². The third-order valence-electron chi connectivity index (χ3n) is 4.63. The molecule has 6 N–H and O–H groups in total. The molecule has 162 valence electrons. The van der Waals surface area contributed by atoms with Crippen molar-refractivity contribution in [3.8, 4) is 0 Å². The Balaban J connectivity index is 1.82. The van der Waals surface area contributed by atoms with E-state index >= 15 is 0 Å². The van der Waals surface area contributed by atoms with Crippen LogP contribution in [0, 0.1) is 11.6 Å². The number of rotatable bonds is 8. The predicted molar refractivity (Wildman–Crippen MR) is 121 cm³/mol. The van der Waals surface area contributed by atoms with Gasteiger partial charge in [-0.15, -0.1) is 0 Å². The zero-order valence-electron chi connectivity index (χ0n) is 16.9. The number of nitrogens with zero attached hydrogens (tertiary/aromatic N) is 3. The lowest BCUT2D eigenvalue weighted by Crippen LogP contribution is -2.43. The van der Waals surface area contributed by atoms with E-state index in [-0.39, 0.29) is 17.1 Å². The summed E-state index contributed by atoms with van der Waals surface area (Å²) in [5.74, 6) is 5.20. The van der Waals surface area contributed by atoms with Gasteiger partial charge < -0.3 is 20.7 Å². The van der Waals surface area contributed by atoms with Crippen molar-refractivity contribution in [3.05, 3.63) is 54.0 Å². The fourth-order valence-electron chi connectivity index (χ4n) is 3.06. The van der Waals surface area contributed by atoms with Crippen LogP contribution in [-0.4, -0.2) is 36.9 Å². The van der Waals surface area contributed by atoms with Crippen LogP contribution in [0.2, 0.25) is 0 Å². The molecule has 2 aromatic rings. The molecule has 30 heavy (non-hydrogen) atoms. The van der Waals surface area contributed by atoms with Crippen LogP contribution in [-0.2, 0) is 0 Å². The first-order chi connectivity index (χ1) is 14.5. The Kier molecular flexibility index (Phi) is 7.72. The number of hydrogen-bond acceptors (Lipinski definition) is 8. The number of piperazine rings is 1. The summed E-state index contributed by atoms with van der Waals surface area (Å²) in [6.07, 6.45) is 5.59. The Labute approximate surface area is 179 Å². The number of anilines is 3. The molecule has 0 radical (unpaired) electrons. The van der Waals surface area contributed by atoms with Crippen molar-refractivity contribution in [2.75, 3.05) is 46.6 Å². The van der Waals surface area contributed by atoms with E-state index in [1.807, 2.05) is 13.0 Å². The number of halogens is 2. The van der Waals surface area contributed by atoms with Crippen molar-refractivity contribution in [1.82, 2.24) is 10.3 Å². The number of nitrogens with two attached hydrogens (primary N) is 2. The molecule has 0 spiro atoms. The van der Waals surface area contributed by atoms with Gasteiger partial charge >= 0.3 is 0 Å². The van der Waals surface area contributed by atoms with Gasteiger partial charge in [0.2, 0.25) is 0 Å². The summed E-state index contributed by atoms with van der Waals surface area (Å²) in [5.41, 5.74) is 7.76. The minimum Gasteiger partial charge on any atom is -0.397 e. The van der Waals surface area contributed by atoms with Crippen LogP contribution in [0.1, 0.15) is 18.9 Å². The highest BCUT2D eigenvalue weighted by Gasteiger charge is 2.18. The molecule has 1 saturated heterocycles. The van der Waals surface area contributed by atoms with Crippen molar-refractivity contribution in [3.63, 3.8) is 0 Å². The summed E-state index contributed by atoms with van der Waals surface area (Å²) in [6, 6.07) is 4.41. The molecular formula is C20H27F2N7S. The SMILES string of the molecule is CCCSNc1ccc(F)c(N(N)/C=C(\N)c2cncc(N3CCNCC3)c2)c1F. The highest BCUT2D eigenvalue weighted by molar-refractivity contribution is 8.00. The Hall–Kier alpha value is -2.56. The second-order valence-corrected chi connectivity index (χ2v) is 7.77. The first-order valence-corrected chi connectivity index (χ1v) is 10.8. The van der Waals surface area contributed by atoms with Crippen LogP contribution in [0.3, 0.4) is 0 Å². The van der Waals surface area contributed by atoms with Crippen molar-refractivity contribution in [1.29, 1.82) is 0 Å². The predicted octanol–water partition coefficient (Wildman–Crippen LogP) is 2.88. The minimum absolute atomic E-state index is 0.162. The molecule has 10 heteroatoms. The van der Waals surface area contributed by atoms with E-state index in [4.69, 9.17) is 11.6 Å². The zero-order valence-corrected chi connectivity index (χ0v) is 17.7. The maximum atomic E-state index is 14.8. The molecule has 0 amide bonds. The van der Waals surface area contributed by atoms with Crippen LogP contribution in [0.25, 0.3) is 5.70 Å². The van der Waals surface area contributed by atoms with Gasteiger partial charge in [-0.3, -0.25) is 9.99 Å². The van der Waals surface area contributed by atoms with Crippen molar-refractivity contribution >= 4 is 34.7 Å². The second-order valence-electron chi connectivity index (χ2n) is 6.87. The largest absolute Gasteiger partial charge is 0.397 e. The lowest BCUT2D eigenvalue weighted by atomic mass is 10.2. The van der Waals surface area contributed by atoms with Crippen molar-refractivity contribution < 1.29 is 8.78 Å². The Morgan fingerprint density at radius 3 is 2.83 bits per heavy atom. The standard InChI is InChI=1S/C20H27F2N7S/c1-2-9-30-27-18-4-3-16(21)20(19(18)22)29(24)13-17(23)14-10-15(12-26-11-14)28-7-5-25-6-8-28/h3-4,10-13,25,27H,2,5-9,23-24H2,1H3/b17-13-. The summed E-state index contributed by atoms with van der Waals surface area (Å²) < 4.78 is 32.1. The topological polar surface area (TPSA) is 95.5 Å². The maximum absolute atomic E-state index is 14.8. The third kappa shape index (κ3) is 5.32. The van der Waals surface area contributed by atoms with Gasteiger partial charge in [-0.1, -0.05) is 18.9 Å². The van der Waals surface area contributed by atoms with Gasteiger partial charge in [0.25, 0.3) is 0 Å². The number of hydrazine groups is 1. The molecule has 0 aliphatic carbocycles. The number of hydrogen-bond donors (Lipinski definition) is 4. The molecular weight excluding hydrogens is 408 g/mol. The number of aromatic nitrogens is 1. The molecule has 0 unspecified atom stereocenters. The average Bonchev–Trinajstić information content (AvgIpc) is 2.76. The van der Waals surface area contributed by atoms with E-state index < -0.39 is 11.6 Å². The van der Waals surface area contributed by atoms with Gasteiger partial charge in [0.1, 0.15) is 5.69 Å². The highest BCUT2D eigenvalue weighted by atomic mass is 32.2. The molecule has 1 fully saturated rings. The summed E-state index contributed by atoms with van der Waals surface area (Å²) in [4.78, 5) is 6.45. The lowest BCUT2D eigenvalue weighted by Gasteiger charge is -2.29. The summed E-state index contributed by atoms with van der Waals surface area (Å²) in [7, 11) is 0. The summed E-state index contributed by atoms with van der Waals surface area (Å²) in [5, 5.41) is 4.17. The fraction of sp³-hybridized carbons (Fsp3) is 0.350. The fourth-order valence-corrected chi connectivity index (χ4v) is 3.68. The van der Waals surface area contributed by atoms with Gasteiger partial charge in [0.15, 0.2) is 11.6 Å². The normalized spacial score (nSPS) is 14.7. The molecule has 0 bridgehead atoms. The van der Waals surface area contributed by atoms with E-state index in [1.54, 1.807) is 12.4 Å². The van der Waals surface area contributed by atoms with Crippen LogP contribution < -0.4 is 31.5 Å². The highest BCUT2D eigenvalue weighted by Crippen LogP contribution is 2.30. The molecule has 7 nitrogen and oxygen atoms in total.